The number of pyridine rings is 2. The number of aromatic nitrogens is 4. The van der Waals surface area contributed by atoms with Crippen LogP contribution in [0.1, 0.15) is 0 Å². The summed E-state index contributed by atoms with van der Waals surface area (Å²) in [7, 11) is 0. The highest BCUT2D eigenvalue weighted by Crippen LogP contribution is 2.30. The molecule has 0 spiro atoms. The molecule has 0 bridgehead atoms. The zero-order valence-corrected chi connectivity index (χ0v) is 14.1. The van der Waals surface area contributed by atoms with Crippen molar-refractivity contribution in [3.8, 4) is 22.6 Å². The zero-order valence-electron chi connectivity index (χ0n) is 11.8. The van der Waals surface area contributed by atoms with E-state index in [1.54, 1.807) is 12.5 Å². The summed E-state index contributed by atoms with van der Waals surface area (Å²) < 4.78 is 0.895. The molecule has 4 rings (SSSR count). The summed E-state index contributed by atoms with van der Waals surface area (Å²) in [6.07, 6.45) is 3.42. The van der Waals surface area contributed by atoms with E-state index in [0.717, 1.165) is 38.2 Å². The van der Waals surface area contributed by atoms with Crippen molar-refractivity contribution in [2.75, 3.05) is 0 Å². The normalized spacial score (nSPS) is 11.0. The van der Waals surface area contributed by atoms with E-state index >= 15 is 0 Å². The van der Waals surface area contributed by atoms with Crippen molar-refractivity contribution < 1.29 is 0 Å². The Bertz CT molecular complexity index is 1010. The summed E-state index contributed by atoms with van der Waals surface area (Å²) in [5, 5.41) is 0.683. The quantitative estimate of drug-likeness (QED) is 0.522. The lowest BCUT2D eigenvalue weighted by Crippen LogP contribution is -1.90. The molecular weight excluding hydrogens is 376 g/mol. The van der Waals surface area contributed by atoms with Gasteiger partial charge >= 0.3 is 0 Å². The Kier molecular flexibility index (Phi) is 3.59. The number of hydrogen-bond donors (Lipinski definition) is 1. The van der Waals surface area contributed by atoms with Gasteiger partial charge in [-0.1, -0.05) is 23.7 Å². The van der Waals surface area contributed by atoms with Crippen LogP contribution in [0.4, 0.5) is 0 Å². The van der Waals surface area contributed by atoms with Crippen LogP contribution >= 0.6 is 27.5 Å². The predicted octanol–water partition coefficient (Wildman–Crippen LogP) is 5.10. The molecule has 0 fully saturated rings. The number of nitrogens with one attached hydrogen (secondary N) is 1. The van der Waals surface area contributed by atoms with E-state index < -0.39 is 0 Å². The minimum absolute atomic E-state index is 0.683. The molecule has 0 aliphatic heterocycles. The van der Waals surface area contributed by atoms with E-state index in [1.165, 1.54) is 0 Å². The number of H-pyrrole nitrogens is 1. The van der Waals surface area contributed by atoms with Gasteiger partial charge < -0.3 is 4.98 Å². The Morgan fingerprint density at radius 3 is 2.78 bits per heavy atom. The van der Waals surface area contributed by atoms with Gasteiger partial charge in [-0.2, -0.15) is 0 Å². The summed E-state index contributed by atoms with van der Waals surface area (Å²) in [4.78, 5) is 16.6. The van der Waals surface area contributed by atoms with Crippen LogP contribution in [-0.4, -0.2) is 19.9 Å². The van der Waals surface area contributed by atoms with Crippen LogP contribution in [0.15, 0.2) is 59.5 Å². The number of aromatic amines is 1. The van der Waals surface area contributed by atoms with Crippen LogP contribution in [0.3, 0.4) is 0 Å². The summed E-state index contributed by atoms with van der Waals surface area (Å²) in [6, 6.07) is 13.5. The van der Waals surface area contributed by atoms with E-state index in [4.69, 9.17) is 11.6 Å². The monoisotopic (exact) mass is 384 g/mol. The van der Waals surface area contributed by atoms with Crippen molar-refractivity contribution in [2.24, 2.45) is 0 Å². The molecule has 0 atom stereocenters. The fourth-order valence-corrected chi connectivity index (χ4v) is 2.98. The van der Waals surface area contributed by atoms with E-state index in [1.807, 2.05) is 42.5 Å². The second kappa shape index (κ2) is 5.76. The minimum Gasteiger partial charge on any atom is -0.344 e. The van der Waals surface area contributed by atoms with Gasteiger partial charge in [0.1, 0.15) is 5.69 Å². The summed E-state index contributed by atoms with van der Waals surface area (Å²) >= 11 is 9.52. The van der Waals surface area contributed by atoms with Crippen LogP contribution < -0.4 is 0 Å². The minimum atomic E-state index is 0.683. The van der Waals surface area contributed by atoms with Gasteiger partial charge in [0, 0.05) is 21.3 Å². The molecule has 6 heteroatoms. The number of imidazole rings is 1. The molecular formula is C17H10BrClN4. The van der Waals surface area contributed by atoms with E-state index in [0.29, 0.717) is 5.02 Å². The molecule has 1 N–H and O–H groups in total. The SMILES string of the molecule is Clc1cccc(-c2[nH]cnc2-c2ccc3ncc(Br)cc3n2)c1. The fraction of sp³-hybridized carbons (Fsp3) is 0. The van der Waals surface area contributed by atoms with Gasteiger partial charge in [0.25, 0.3) is 0 Å². The van der Waals surface area contributed by atoms with Crippen molar-refractivity contribution >= 4 is 38.6 Å². The highest BCUT2D eigenvalue weighted by molar-refractivity contribution is 9.10. The molecule has 1 aromatic carbocycles. The number of nitrogens with zero attached hydrogens (tertiary/aromatic N) is 3. The lowest BCUT2D eigenvalue weighted by molar-refractivity contribution is 1.28. The third-order valence-corrected chi connectivity index (χ3v) is 4.17. The van der Waals surface area contributed by atoms with Crippen LogP contribution in [0.25, 0.3) is 33.7 Å². The van der Waals surface area contributed by atoms with Crippen molar-refractivity contribution in [1.82, 2.24) is 19.9 Å². The Balaban J connectivity index is 1.87. The first-order valence-corrected chi connectivity index (χ1v) is 8.10. The van der Waals surface area contributed by atoms with Gasteiger partial charge in [-0.05, 0) is 46.3 Å². The maximum absolute atomic E-state index is 6.09. The van der Waals surface area contributed by atoms with Crippen molar-refractivity contribution in [3.05, 3.63) is 64.5 Å². The second-order valence-electron chi connectivity index (χ2n) is 5.02. The molecule has 0 radical (unpaired) electrons. The van der Waals surface area contributed by atoms with Gasteiger partial charge in [0.05, 0.1) is 28.7 Å². The highest BCUT2D eigenvalue weighted by Gasteiger charge is 2.13. The molecule has 4 aromatic rings. The Labute approximate surface area is 145 Å². The van der Waals surface area contributed by atoms with Crippen LogP contribution in [0.2, 0.25) is 5.02 Å². The fourth-order valence-electron chi connectivity index (χ4n) is 2.47. The molecule has 0 amide bonds. The Morgan fingerprint density at radius 1 is 1.00 bits per heavy atom. The lowest BCUT2D eigenvalue weighted by Gasteiger charge is -2.05. The molecule has 3 aromatic heterocycles. The highest BCUT2D eigenvalue weighted by atomic mass is 79.9. The average molecular weight is 386 g/mol. The van der Waals surface area contributed by atoms with E-state index in [-0.39, 0.29) is 0 Å². The number of fused-ring (bicyclic) bond motifs is 1. The number of halogens is 2. The third kappa shape index (κ3) is 2.73. The van der Waals surface area contributed by atoms with Gasteiger partial charge in [-0.3, -0.25) is 4.98 Å². The second-order valence-corrected chi connectivity index (χ2v) is 6.38. The van der Waals surface area contributed by atoms with Gasteiger partial charge in [0.2, 0.25) is 0 Å². The standard InChI is InChI=1S/C17H10BrClN4/c18-11-7-15-13(20-8-11)4-5-14(23-15)17-16(21-9-22-17)10-2-1-3-12(19)6-10/h1-9H,(H,21,22). The first-order valence-electron chi connectivity index (χ1n) is 6.93. The van der Waals surface area contributed by atoms with Gasteiger partial charge in [-0.25, -0.2) is 9.97 Å². The van der Waals surface area contributed by atoms with Gasteiger partial charge in [-0.15, -0.1) is 0 Å². The smallest absolute Gasteiger partial charge is 0.114 e. The first-order chi connectivity index (χ1) is 11.2. The molecule has 3 heterocycles. The van der Waals surface area contributed by atoms with Crippen LogP contribution in [0, 0.1) is 0 Å². The van der Waals surface area contributed by atoms with E-state index in [2.05, 4.69) is 35.9 Å². The lowest BCUT2D eigenvalue weighted by atomic mass is 10.1. The molecule has 0 saturated carbocycles. The topological polar surface area (TPSA) is 54.5 Å². The molecule has 0 unspecified atom stereocenters. The van der Waals surface area contributed by atoms with E-state index in [9.17, 15) is 0 Å². The van der Waals surface area contributed by atoms with Gasteiger partial charge in [0.15, 0.2) is 0 Å². The first kappa shape index (κ1) is 14.4. The summed E-state index contributed by atoms with van der Waals surface area (Å²) in [5.41, 5.74) is 5.10. The molecule has 0 aliphatic rings. The van der Waals surface area contributed by atoms with Crippen molar-refractivity contribution in [3.63, 3.8) is 0 Å². The van der Waals surface area contributed by atoms with Crippen molar-refractivity contribution in [2.45, 2.75) is 0 Å². The maximum Gasteiger partial charge on any atom is 0.114 e. The van der Waals surface area contributed by atoms with Crippen LogP contribution in [0.5, 0.6) is 0 Å². The predicted molar refractivity (Wildman–Crippen MR) is 95.3 cm³/mol. The number of hydrogen-bond acceptors (Lipinski definition) is 3. The summed E-state index contributed by atoms with van der Waals surface area (Å²) in [6.45, 7) is 0. The summed E-state index contributed by atoms with van der Waals surface area (Å²) in [5.74, 6) is 0. The largest absolute Gasteiger partial charge is 0.344 e. The molecule has 112 valence electrons. The molecule has 23 heavy (non-hydrogen) atoms. The van der Waals surface area contributed by atoms with Crippen molar-refractivity contribution in [1.29, 1.82) is 0 Å². The number of rotatable bonds is 2. The Hall–Kier alpha value is -2.24. The average Bonchev–Trinajstić information content (AvgIpc) is 3.03. The number of benzene rings is 1. The van der Waals surface area contributed by atoms with Crippen LogP contribution in [-0.2, 0) is 0 Å². The zero-order chi connectivity index (χ0) is 15.8. The maximum atomic E-state index is 6.09. The molecule has 0 aliphatic carbocycles. The Morgan fingerprint density at radius 2 is 1.91 bits per heavy atom. The molecule has 0 saturated heterocycles. The molecule has 4 nitrogen and oxygen atoms in total. The third-order valence-electron chi connectivity index (χ3n) is 3.50.